The fraction of sp³-hybridized carbons (Fsp3) is 0.174. The molecule has 0 heterocycles. The number of para-hydroxylation sites is 4. The van der Waals surface area contributed by atoms with Gasteiger partial charge >= 0.3 is 34.1 Å². The summed E-state index contributed by atoms with van der Waals surface area (Å²) >= 11 is 7.01. The van der Waals surface area contributed by atoms with Crippen molar-refractivity contribution in [2.75, 3.05) is 0 Å². The summed E-state index contributed by atoms with van der Waals surface area (Å²) in [6.07, 6.45) is 0. The maximum Gasteiger partial charge on any atom is 1.00 e. The van der Waals surface area contributed by atoms with Crippen molar-refractivity contribution in [2.45, 2.75) is 55.4 Å². The van der Waals surface area contributed by atoms with Gasteiger partial charge in [0.25, 0.3) is 0 Å². The molecule has 0 atom stereocenters. The maximum atomic E-state index is 4.97. The third-order valence-electron chi connectivity index (χ3n) is 8.83. The fourth-order valence-electron chi connectivity index (χ4n) is 5.86. The van der Waals surface area contributed by atoms with Gasteiger partial charge in [0, 0.05) is 8.95 Å². The quantitative estimate of drug-likeness (QED) is 0.0908. The van der Waals surface area contributed by atoms with Gasteiger partial charge in [0.15, 0.2) is 0 Å². The van der Waals surface area contributed by atoms with Crippen LogP contribution in [0.5, 0.6) is 0 Å². The zero-order chi connectivity index (χ0) is 37.4. The van der Waals surface area contributed by atoms with Crippen LogP contribution in [0.4, 0.5) is 22.7 Å². The molecule has 6 aromatic carbocycles. The van der Waals surface area contributed by atoms with E-state index in [1.807, 2.05) is 48.5 Å². The number of benzene rings is 6. The van der Waals surface area contributed by atoms with Gasteiger partial charge in [0.1, 0.15) is 0 Å². The van der Waals surface area contributed by atoms with Crippen LogP contribution in [0.2, 0.25) is 0 Å². The predicted molar refractivity (Wildman–Crippen MR) is 230 cm³/mol. The first kappa shape index (κ1) is 44.7. The minimum absolute atomic E-state index is 0. The first-order chi connectivity index (χ1) is 24.9. The Hall–Kier alpha value is -3.74. The molecule has 0 saturated heterocycles. The molecule has 54 heavy (non-hydrogen) atoms. The van der Waals surface area contributed by atoms with Gasteiger partial charge in [0.05, 0.1) is 0 Å². The van der Waals surface area contributed by atoms with Gasteiger partial charge in [0.2, 0.25) is 0 Å². The summed E-state index contributed by atoms with van der Waals surface area (Å²) < 4.78 is 2.08. The zero-order valence-electron chi connectivity index (χ0n) is 31.7. The number of hydrogen-bond acceptors (Lipinski definition) is 2. The van der Waals surface area contributed by atoms with Gasteiger partial charge in [-0.1, -0.05) is 141 Å². The first-order valence-electron chi connectivity index (χ1n) is 17.3. The van der Waals surface area contributed by atoms with E-state index < -0.39 is 0 Å². The molecular weight excluding hydrogens is 895 g/mol. The molecular formula is C46H44Br2Cu2N4. The smallest absolute Gasteiger partial charge is 0.435 e. The number of amidine groups is 2. The van der Waals surface area contributed by atoms with Gasteiger partial charge < -0.3 is 20.6 Å². The Morgan fingerprint density at radius 2 is 0.611 bits per heavy atom. The molecule has 284 valence electrons. The van der Waals surface area contributed by atoms with Crippen LogP contribution in [-0.2, 0) is 34.1 Å². The van der Waals surface area contributed by atoms with Crippen LogP contribution in [0.1, 0.15) is 55.6 Å². The van der Waals surface area contributed by atoms with Gasteiger partial charge in [-0.2, -0.15) is 0 Å². The SMILES string of the molecule is Cc1cccc(C)c1N=C([N-]c1c(C)cccc1C)c1ccc(Br)cc1.Cc1cccc(C)c1N=C([N-]c1c(C)cccc1C)c1ccc(Br)cc1.[Cu+].[Cu+]. The third-order valence-corrected chi connectivity index (χ3v) is 9.89. The minimum Gasteiger partial charge on any atom is -0.435 e. The monoisotopic (exact) mass is 936 g/mol. The number of aryl methyl sites for hydroxylation is 8. The molecule has 0 radical (unpaired) electrons. The average molecular weight is 940 g/mol. The topological polar surface area (TPSA) is 52.9 Å². The van der Waals surface area contributed by atoms with Gasteiger partial charge in [-0.25, -0.2) is 0 Å². The Bertz CT molecular complexity index is 2000. The Labute approximate surface area is 359 Å². The van der Waals surface area contributed by atoms with E-state index in [2.05, 4.69) is 160 Å². The molecule has 6 aromatic rings. The Morgan fingerprint density at radius 1 is 0.370 bits per heavy atom. The molecule has 8 heteroatoms. The molecule has 0 spiro atoms. The molecule has 0 aliphatic carbocycles. The Morgan fingerprint density at radius 3 is 0.870 bits per heavy atom. The number of nitrogens with zero attached hydrogens (tertiary/aromatic N) is 4. The van der Waals surface area contributed by atoms with Crippen LogP contribution in [0.3, 0.4) is 0 Å². The molecule has 4 nitrogen and oxygen atoms in total. The fourth-order valence-corrected chi connectivity index (χ4v) is 6.39. The zero-order valence-corrected chi connectivity index (χ0v) is 36.8. The van der Waals surface area contributed by atoms with Crippen molar-refractivity contribution < 1.29 is 34.1 Å². The minimum atomic E-state index is 0. The van der Waals surface area contributed by atoms with Crippen LogP contribution < -0.4 is 0 Å². The van der Waals surface area contributed by atoms with E-state index in [9.17, 15) is 0 Å². The number of halogens is 2. The van der Waals surface area contributed by atoms with Crippen molar-refractivity contribution in [1.82, 2.24) is 0 Å². The van der Waals surface area contributed by atoms with Crippen molar-refractivity contribution in [1.29, 1.82) is 0 Å². The standard InChI is InChI=1S/2C23H22BrN2.2Cu/c2*1-15-7-5-8-16(2)21(15)25-23(19-11-13-20(24)14-12-19)26-22-17(3)9-6-10-18(22)4;;/h2*5-14H,1-4H3;;/q2*-1;2*+1. The summed E-state index contributed by atoms with van der Waals surface area (Å²) in [5.41, 5.74) is 15.1. The normalized spacial score (nSPS) is 11.1. The first-order valence-corrected chi connectivity index (χ1v) is 18.9. The van der Waals surface area contributed by atoms with Crippen LogP contribution in [0, 0.1) is 55.4 Å². The summed E-state index contributed by atoms with van der Waals surface area (Å²) in [5, 5.41) is 9.94. The second-order valence-corrected chi connectivity index (χ2v) is 14.9. The summed E-state index contributed by atoms with van der Waals surface area (Å²) in [6.45, 7) is 16.7. The molecule has 0 aromatic heterocycles. The van der Waals surface area contributed by atoms with E-state index in [0.717, 1.165) is 99.0 Å². The van der Waals surface area contributed by atoms with Crippen molar-refractivity contribution in [3.05, 3.63) is 197 Å². The van der Waals surface area contributed by atoms with Crippen molar-refractivity contribution in [2.24, 2.45) is 9.98 Å². The van der Waals surface area contributed by atoms with Crippen LogP contribution in [0.15, 0.2) is 140 Å². The second-order valence-electron chi connectivity index (χ2n) is 13.1. The van der Waals surface area contributed by atoms with Crippen LogP contribution in [0.25, 0.3) is 10.6 Å². The molecule has 0 saturated carbocycles. The molecule has 0 aliphatic heterocycles. The molecule has 6 rings (SSSR count). The Kier molecular flexibility index (Phi) is 17.2. The van der Waals surface area contributed by atoms with Crippen molar-refractivity contribution >= 4 is 66.3 Å². The number of rotatable bonds is 6. The average Bonchev–Trinajstić information content (AvgIpc) is 3.11. The molecule has 0 amide bonds. The van der Waals surface area contributed by atoms with Crippen molar-refractivity contribution in [3.63, 3.8) is 0 Å². The van der Waals surface area contributed by atoms with E-state index in [1.54, 1.807) is 0 Å². The molecule has 0 aliphatic rings. The van der Waals surface area contributed by atoms with Gasteiger partial charge in [-0.15, -0.1) is 0 Å². The van der Waals surface area contributed by atoms with Crippen LogP contribution >= 0.6 is 31.9 Å². The van der Waals surface area contributed by atoms with Crippen molar-refractivity contribution in [3.8, 4) is 0 Å². The number of hydrogen-bond donors (Lipinski definition) is 0. The van der Waals surface area contributed by atoms with Crippen LogP contribution in [-0.4, -0.2) is 11.7 Å². The van der Waals surface area contributed by atoms with E-state index in [-0.39, 0.29) is 34.1 Å². The van der Waals surface area contributed by atoms with Gasteiger partial charge in [-0.3, -0.25) is 0 Å². The molecule has 0 fully saturated rings. The summed E-state index contributed by atoms with van der Waals surface area (Å²) in [6, 6.07) is 41.2. The predicted octanol–water partition coefficient (Wildman–Crippen LogP) is 14.9. The summed E-state index contributed by atoms with van der Waals surface area (Å²) in [4.78, 5) is 9.94. The van der Waals surface area contributed by atoms with Gasteiger partial charge in [-0.05, 0) is 158 Å². The Balaban J connectivity index is 0.000000280. The van der Waals surface area contributed by atoms with E-state index in [1.165, 1.54) is 0 Å². The number of aliphatic imine (C=N–C) groups is 2. The van der Waals surface area contributed by atoms with E-state index in [0.29, 0.717) is 0 Å². The summed E-state index contributed by atoms with van der Waals surface area (Å²) in [5.74, 6) is 1.46. The molecule has 0 bridgehead atoms. The largest absolute Gasteiger partial charge is 1.00 e. The third kappa shape index (κ3) is 11.6. The second kappa shape index (κ2) is 20.8. The maximum absolute atomic E-state index is 4.97. The molecule has 0 N–H and O–H groups in total. The van der Waals surface area contributed by atoms with E-state index in [4.69, 9.17) is 20.6 Å². The molecule has 0 unspecified atom stereocenters. The summed E-state index contributed by atoms with van der Waals surface area (Å²) in [7, 11) is 0. The van der Waals surface area contributed by atoms with E-state index >= 15 is 0 Å².